The van der Waals surface area contributed by atoms with Gasteiger partial charge in [0.05, 0.1) is 0 Å². The summed E-state index contributed by atoms with van der Waals surface area (Å²) in [6.45, 7) is 2.50. The third-order valence-corrected chi connectivity index (χ3v) is 4.42. The molecular weight excluding hydrogens is 168 g/mol. The van der Waals surface area contributed by atoms with Gasteiger partial charge in [-0.1, -0.05) is 58.3 Å². The molecule has 0 radical (unpaired) electrons. The lowest BCUT2D eigenvalue weighted by molar-refractivity contribution is 0.326. The molecule has 0 nitrogen and oxygen atoms in total. The predicted molar refractivity (Wildman–Crippen MR) is 62.3 cm³/mol. The molecule has 2 saturated carbocycles. The first-order valence-corrected chi connectivity index (χ1v) is 6.84. The van der Waals surface area contributed by atoms with Crippen LogP contribution in [0.3, 0.4) is 0 Å². The fourth-order valence-electron chi connectivity index (χ4n) is 3.73. The van der Waals surface area contributed by atoms with E-state index in [1.54, 1.807) is 0 Å². The Morgan fingerprint density at radius 3 is 1.50 bits per heavy atom. The van der Waals surface area contributed by atoms with E-state index in [-0.39, 0.29) is 0 Å². The molecule has 0 unspecified atom stereocenters. The highest BCUT2D eigenvalue weighted by atomic mass is 14.3. The Labute approximate surface area is 89.5 Å². The van der Waals surface area contributed by atoms with E-state index in [0.29, 0.717) is 0 Å². The molecule has 2 rings (SSSR count). The van der Waals surface area contributed by atoms with Crippen molar-refractivity contribution in [3.8, 4) is 0 Å². The normalized spacial score (nSPS) is 25.3. The summed E-state index contributed by atoms with van der Waals surface area (Å²) >= 11 is 0. The van der Waals surface area contributed by atoms with Crippen LogP contribution in [-0.2, 0) is 0 Å². The molecule has 0 aromatic carbocycles. The Hall–Kier alpha value is 0. The first kappa shape index (κ1) is 10.5. The van der Waals surface area contributed by atoms with Crippen LogP contribution in [0.5, 0.6) is 0 Å². The summed E-state index contributed by atoms with van der Waals surface area (Å²) in [7, 11) is 0. The van der Waals surface area contributed by atoms with Gasteiger partial charge in [0.25, 0.3) is 0 Å². The topological polar surface area (TPSA) is 0 Å². The summed E-state index contributed by atoms with van der Waals surface area (Å²) in [4.78, 5) is 0. The lowest BCUT2D eigenvalue weighted by atomic mass is 9.87. The van der Waals surface area contributed by atoms with Crippen LogP contribution in [0.15, 0.2) is 0 Å². The van der Waals surface area contributed by atoms with E-state index in [1.807, 2.05) is 0 Å². The zero-order chi connectivity index (χ0) is 9.80. The van der Waals surface area contributed by atoms with Crippen LogP contribution < -0.4 is 0 Å². The summed E-state index contributed by atoms with van der Waals surface area (Å²) in [6, 6.07) is 0. The Bertz CT molecular complexity index is 131. The third-order valence-electron chi connectivity index (χ3n) is 4.42. The zero-order valence-electron chi connectivity index (χ0n) is 9.80. The SMILES string of the molecule is CC(CC1CCCC1)CC1CCCC1. The van der Waals surface area contributed by atoms with Gasteiger partial charge in [-0.2, -0.15) is 0 Å². The molecular formula is C14H26. The van der Waals surface area contributed by atoms with Crippen molar-refractivity contribution in [3.63, 3.8) is 0 Å². The minimum Gasteiger partial charge on any atom is -0.0625 e. The van der Waals surface area contributed by atoms with Crippen LogP contribution in [0, 0.1) is 17.8 Å². The monoisotopic (exact) mass is 194 g/mol. The van der Waals surface area contributed by atoms with Gasteiger partial charge in [-0.05, 0) is 30.6 Å². The number of hydrogen-bond donors (Lipinski definition) is 0. The maximum atomic E-state index is 2.50. The average molecular weight is 194 g/mol. The lowest BCUT2D eigenvalue weighted by Crippen LogP contribution is -2.07. The molecule has 2 aliphatic rings. The minimum absolute atomic E-state index is 1.01. The van der Waals surface area contributed by atoms with Crippen molar-refractivity contribution in [1.82, 2.24) is 0 Å². The maximum Gasteiger partial charge on any atom is -0.0412 e. The zero-order valence-corrected chi connectivity index (χ0v) is 9.80. The maximum absolute atomic E-state index is 2.50. The van der Waals surface area contributed by atoms with Gasteiger partial charge in [0.2, 0.25) is 0 Å². The van der Waals surface area contributed by atoms with E-state index < -0.39 is 0 Å². The van der Waals surface area contributed by atoms with E-state index in [1.165, 1.54) is 64.2 Å². The fourth-order valence-corrected chi connectivity index (χ4v) is 3.73. The molecule has 0 heterocycles. The predicted octanol–water partition coefficient (Wildman–Crippen LogP) is 4.78. The number of hydrogen-bond acceptors (Lipinski definition) is 0. The van der Waals surface area contributed by atoms with Crippen LogP contribution >= 0.6 is 0 Å². The van der Waals surface area contributed by atoms with E-state index >= 15 is 0 Å². The van der Waals surface area contributed by atoms with E-state index in [4.69, 9.17) is 0 Å². The van der Waals surface area contributed by atoms with Crippen LogP contribution in [0.25, 0.3) is 0 Å². The van der Waals surface area contributed by atoms with Gasteiger partial charge >= 0.3 is 0 Å². The second-order valence-corrected chi connectivity index (χ2v) is 5.88. The summed E-state index contributed by atoms with van der Waals surface area (Å²) in [5, 5.41) is 0. The summed E-state index contributed by atoms with van der Waals surface area (Å²) in [5.41, 5.74) is 0. The molecule has 14 heavy (non-hydrogen) atoms. The van der Waals surface area contributed by atoms with Crippen molar-refractivity contribution < 1.29 is 0 Å². The van der Waals surface area contributed by atoms with Gasteiger partial charge in [0, 0.05) is 0 Å². The molecule has 0 bridgehead atoms. The van der Waals surface area contributed by atoms with Gasteiger partial charge in [0.1, 0.15) is 0 Å². The van der Waals surface area contributed by atoms with Crippen LogP contribution in [-0.4, -0.2) is 0 Å². The van der Waals surface area contributed by atoms with Crippen molar-refractivity contribution in [1.29, 1.82) is 0 Å². The highest BCUT2D eigenvalue weighted by Crippen LogP contribution is 2.35. The second kappa shape index (κ2) is 5.19. The molecule has 0 amide bonds. The Balaban J connectivity index is 1.64. The van der Waals surface area contributed by atoms with Crippen LogP contribution in [0.1, 0.15) is 71.1 Å². The molecule has 0 N–H and O–H groups in total. The first-order valence-electron chi connectivity index (χ1n) is 6.84. The highest BCUT2D eigenvalue weighted by Gasteiger charge is 2.21. The quantitative estimate of drug-likeness (QED) is 0.604. The van der Waals surface area contributed by atoms with Crippen LogP contribution in [0.4, 0.5) is 0 Å². The third kappa shape index (κ3) is 3.00. The van der Waals surface area contributed by atoms with E-state index in [0.717, 1.165) is 17.8 Å². The molecule has 0 aromatic heterocycles. The van der Waals surface area contributed by atoms with Gasteiger partial charge in [-0.15, -0.1) is 0 Å². The van der Waals surface area contributed by atoms with E-state index in [9.17, 15) is 0 Å². The smallest absolute Gasteiger partial charge is 0.0412 e. The Morgan fingerprint density at radius 2 is 1.14 bits per heavy atom. The van der Waals surface area contributed by atoms with Gasteiger partial charge in [-0.25, -0.2) is 0 Å². The van der Waals surface area contributed by atoms with Crippen molar-refractivity contribution >= 4 is 0 Å². The largest absolute Gasteiger partial charge is 0.0625 e. The first-order chi connectivity index (χ1) is 6.84. The standard InChI is InChI=1S/C14H26/c1-12(10-13-6-2-3-7-13)11-14-8-4-5-9-14/h12-14H,2-11H2,1H3. The second-order valence-electron chi connectivity index (χ2n) is 5.88. The number of rotatable bonds is 4. The molecule has 2 fully saturated rings. The Morgan fingerprint density at radius 1 is 0.786 bits per heavy atom. The Kier molecular flexibility index (Phi) is 3.89. The summed E-state index contributed by atoms with van der Waals surface area (Å²) < 4.78 is 0. The summed E-state index contributed by atoms with van der Waals surface area (Å²) in [6.07, 6.45) is 15.3. The fraction of sp³-hybridized carbons (Fsp3) is 1.00. The average Bonchev–Trinajstić information content (AvgIpc) is 2.76. The van der Waals surface area contributed by atoms with Crippen LogP contribution in [0.2, 0.25) is 0 Å². The van der Waals surface area contributed by atoms with Crippen molar-refractivity contribution in [2.75, 3.05) is 0 Å². The molecule has 0 spiro atoms. The summed E-state index contributed by atoms with van der Waals surface area (Å²) in [5.74, 6) is 3.22. The van der Waals surface area contributed by atoms with Crippen molar-refractivity contribution in [2.24, 2.45) is 17.8 Å². The molecule has 2 aliphatic carbocycles. The lowest BCUT2D eigenvalue weighted by Gasteiger charge is -2.19. The van der Waals surface area contributed by atoms with Gasteiger partial charge in [0.15, 0.2) is 0 Å². The minimum atomic E-state index is 1.01. The highest BCUT2D eigenvalue weighted by molar-refractivity contribution is 4.74. The van der Waals surface area contributed by atoms with Crippen molar-refractivity contribution in [3.05, 3.63) is 0 Å². The van der Waals surface area contributed by atoms with E-state index in [2.05, 4.69) is 6.92 Å². The van der Waals surface area contributed by atoms with Gasteiger partial charge in [-0.3, -0.25) is 0 Å². The molecule has 82 valence electrons. The molecule has 0 aromatic rings. The van der Waals surface area contributed by atoms with Gasteiger partial charge < -0.3 is 0 Å². The molecule has 0 saturated heterocycles. The molecule has 0 atom stereocenters. The van der Waals surface area contributed by atoms with Crippen molar-refractivity contribution in [2.45, 2.75) is 71.1 Å². The molecule has 0 heteroatoms. The molecule has 0 aliphatic heterocycles.